The molecule has 5 nitrogen and oxygen atoms in total. The standard InChI is InChI=1S/C60H38N2O3/c1-2-65-58-10-6-5-9-57(58)62-60(64)59(63)61-54-14-13-36-17-41-22-44-23-42-18-37-11-12-38-19-43-24-47-25-45-20-39-15-34-7-3-4-8-35(34)16-40(39)21-46(45)26-49(47)29-52(43)32-55(38)56(37)33-53(42)30-50(44)27-48(41)28-51(36)31-54/h3-33H,2H2,1H3,(H,61,63)(H,62,64). The van der Waals surface area contributed by atoms with E-state index in [9.17, 15) is 9.59 Å². The summed E-state index contributed by atoms with van der Waals surface area (Å²) in [5, 5.41) is 31.9. The first-order valence-electron chi connectivity index (χ1n) is 22.1. The lowest BCUT2D eigenvalue weighted by atomic mass is 9.92. The predicted octanol–water partition coefficient (Wildman–Crippen LogP) is 15.3. The van der Waals surface area contributed by atoms with Crippen LogP contribution in [0.3, 0.4) is 0 Å². The summed E-state index contributed by atoms with van der Waals surface area (Å²) in [7, 11) is 0. The Labute approximate surface area is 372 Å². The average molecular weight is 835 g/mol. The first kappa shape index (κ1) is 37.1. The number of nitrogens with one attached hydrogen (secondary N) is 2. The molecular weight excluding hydrogens is 797 g/mol. The van der Waals surface area contributed by atoms with Crippen LogP contribution >= 0.6 is 0 Å². The Kier molecular flexibility index (Phi) is 8.12. The van der Waals surface area contributed by atoms with Gasteiger partial charge in [0.05, 0.1) is 12.3 Å². The molecule has 0 radical (unpaired) electrons. The number of carbonyl (C=O) groups excluding carboxylic acids is 2. The van der Waals surface area contributed by atoms with E-state index < -0.39 is 11.8 Å². The van der Waals surface area contributed by atoms with E-state index in [0.717, 1.165) is 26.9 Å². The van der Waals surface area contributed by atoms with Crippen molar-refractivity contribution in [2.75, 3.05) is 17.2 Å². The van der Waals surface area contributed by atoms with Crippen molar-refractivity contribution in [3.63, 3.8) is 0 Å². The number of ether oxygens (including phenoxy) is 1. The van der Waals surface area contributed by atoms with Crippen LogP contribution in [0.1, 0.15) is 6.92 Å². The lowest BCUT2D eigenvalue weighted by molar-refractivity contribution is -0.133. The number of amides is 2. The third kappa shape index (κ3) is 6.31. The zero-order chi connectivity index (χ0) is 43.3. The van der Waals surface area contributed by atoms with E-state index >= 15 is 0 Å². The smallest absolute Gasteiger partial charge is 0.314 e. The van der Waals surface area contributed by atoms with Gasteiger partial charge in [-0.1, -0.05) is 54.6 Å². The number of benzene rings is 13. The molecule has 65 heavy (non-hydrogen) atoms. The first-order chi connectivity index (χ1) is 31.8. The number of hydrogen-bond donors (Lipinski definition) is 2. The minimum atomic E-state index is -0.769. The van der Waals surface area contributed by atoms with E-state index in [1.165, 1.54) is 91.6 Å². The van der Waals surface area contributed by atoms with Crippen LogP contribution in [0.2, 0.25) is 0 Å². The molecule has 0 bridgehead atoms. The maximum atomic E-state index is 13.0. The molecule has 0 unspecified atom stereocenters. The fourth-order valence-corrected chi connectivity index (χ4v) is 10.1. The van der Waals surface area contributed by atoms with Gasteiger partial charge < -0.3 is 15.4 Å². The summed E-state index contributed by atoms with van der Waals surface area (Å²) in [5.74, 6) is -1.02. The van der Waals surface area contributed by atoms with E-state index in [1.54, 1.807) is 18.2 Å². The zero-order valence-electron chi connectivity index (χ0n) is 35.3. The molecule has 0 saturated carbocycles. The van der Waals surface area contributed by atoms with Gasteiger partial charge in [0.25, 0.3) is 0 Å². The van der Waals surface area contributed by atoms with Crippen molar-refractivity contribution >= 4 is 142 Å². The summed E-state index contributed by atoms with van der Waals surface area (Å²) in [6, 6.07) is 67.4. The van der Waals surface area contributed by atoms with E-state index in [-0.39, 0.29) is 0 Å². The van der Waals surface area contributed by atoms with Gasteiger partial charge in [0, 0.05) is 5.69 Å². The molecule has 13 rings (SSSR count). The SMILES string of the molecule is CCOc1ccccc1NC(=O)C(=O)Nc1ccc2cc3cc4cc5cc6ccc7cc8cc9cc%10cc%11cc%12ccccc%12cc%11cc%10cc9cc8cc7c6cc5cc4cc3cc2c1. The van der Waals surface area contributed by atoms with Crippen molar-refractivity contribution in [2.45, 2.75) is 6.92 Å². The summed E-state index contributed by atoms with van der Waals surface area (Å²) in [5.41, 5.74) is 0.985. The Bertz CT molecular complexity index is 4250. The molecule has 0 heterocycles. The van der Waals surface area contributed by atoms with Crippen molar-refractivity contribution in [1.82, 2.24) is 0 Å². The lowest BCUT2D eigenvalue weighted by Crippen LogP contribution is -2.29. The molecule has 2 amide bonds. The molecule has 13 aromatic rings. The quantitative estimate of drug-likeness (QED) is 0.105. The Hall–Kier alpha value is -8.54. The molecule has 13 aromatic carbocycles. The van der Waals surface area contributed by atoms with Gasteiger partial charge in [0.1, 0.15) is 5.75 Å². The van der Waals surface area contributed by atoms with Crippen molar-refractivity contribution in [3.8, 4) is 5.75 Å². The summed E-state index contributed by atoms with van der Waals surface area (Å²) in [6.45, 7) is 2.31. The number of para-hydroxylation sites is 2. The zero-order valence-corrected chi connectivity index (χ0v) is 35.3. The minimum Gasteiger partial charge on any atom is -0.492 e. The molecule has 0 aliphatic rings. The maximum Gasteiger partial charge on any atom is 0.314 e. The van der Waals surface area contributed by atoms with E-state index in [0.29, 0.717) is 23.7 Å². The molecule has 2 N–H and O–H groups in total. The number of fused-ring (bicyclic) bond motifs is 12. The van der Waals surface area contributed by atoms with Crippen LogP contribution in [-0.2, 0) is 9.59 Å². The predicted molar refractivity (Wildman–Crippen MR) is 274 cm³/mol. The maximum absolute atomic E-state index is 13.0. The van der Waals surface area contributed by atoms with Gasteiger partial charge in [0.15, 0.2) is 0 Å². The Morgan fingerprint density at radius 1 is 0.338 bits per heavy atom. The molecule has 0 saturated heterocycles. The van der Waals surface area contributed by atoms with Gasteiger partial charge in [-0.3, -0.25) is 9.59 Å². The minimum absolute atomic E-state index is 0.442. The number of carbonyl (C=O) groups is 2. The molecule has 0 fully saturated rings. The van der Waals surface area contributed by atoms with Crippen LogP contribution < -0.4 is 15.4 Å². The van der Waals surface area contributed by atoms with Crippen molar-refractivity contribution in [2.24, 2.45) is 0 Å². The Morgan fingerprint density at radius 2 is 0.662 bits per heavy atom. The van der Waals surface area contributed by atoms with Crippen molar-refractivity contribution in [3.05, 3.63) is 188 Å². The van der Waals surface area contributed by atoms with Gasteiger partial charge in [-0.05, 0) is 259 Å². The second kappa shape index (κ2) is 14.2. The highest BCUT2D eigenvalue weighted by molar-refractivity contribution is 6.44. The molecule has 0 aliphatic heterocycles. The fourth-order valence-electron chi connectivity index (χ4n) is 10.1. The Balaban J connectivity index is 0.853. The molecular formula is C60H38N2O3. The van der Waals surface area contributed by atoms with Crippen molar-refractivity contribution < 1.29 is 14.3 Å². The third-order valence-electron chi connectivity index (χ3n) is 13.2. The molecule has 0 aliphatic carbocycles. The highest BCUT2D eigenvalue weighted by Gasteiger charge is 2.17. The van der Waals surface area contributed by atoms with E-state index in [2.05, 4.69) is 156 Å². The first-order valence-corrected chi connectivity index (χ1v) is 22.1. The summed E-state index contributed by atoms with van der Waals surface area (Å²) in [6.07, 6.45) is 0. The van der Waals surface area contributed by atoms with E-state index in [1.807, 2.05) is 31.2 Å². The number of rotatable bonds is 4. The van der Waals surface area contributed by atoms with Gasteiger partial charge in [-0.2, -0.15) is 0 Å². The van der Waals surface area contributed by atoms with Gasteiger partial charge in [-0.25, -0.2) is 0 Å². The molecule has 306 valence electrons. The summed E-state index contributed by atoms with van der Waals surface area (Å²) in [4.78, 5) is 25.9. The molecule has 5 heteroatoms. The average Bonchev–Trinajstić information content (AvgIpc) is 3.31. The largest absolute Gasteiger partial charge is 0.492 e. The van der Waals surface area contributed by atoms with Gasteiger partial charge in [0.2, 0.25) is 0 Å². The molecule has 0 aromatic heterocycles. The van der Waals surface area contributed by atoms with Crippen LogP contribution in [0, 0.1) is 0 Å². The Morgan fingerprint density at radius 3 is 1.11 bits per heavy atom. The monoisotopic (exact) mass is 834 g/mol. The molecule has 0 atom stereocenters. The second-order valence-electron chi connectivity index (χ2n) is 17.4. The third-order valence-corrected chi connectivity index (χ3v) is 13.2. The second-order valence-corrected chi connectivity index (χ2v) is 17.4. The van der Waals surface area contributed by atoms with Crippen molar-refractivity contribution in [1.29, 1.82) is 0 Å². The normalized spacial score (nSPS) is 12.0. The van der Waals surface area contributed by atoms with Crippen LogP contribution in [-0.4, -0.2) is 18.4 Å². The number of anilines is 2. The lowest BCUT2D eigenvalue weighted by Gasteiger charge is -2.12. The number of hydrogen-bond acceptors (Lipinski definition) is 3. The highest BCUT2D eigenvalue weighted by atomic mass is 16.5. The van der Waals surface area contributed by atoms with E-state index in [4.69, 9.17) is 4.74 Å². The summed E-state index contributed by atoms with van der Waals surface area (Å²) >= 11 is 0. The van der Waals surface area contributed by atoms with Crippen LogP contribution in [0.15, 0.2) is 188 Å². The fraction of sp³-hybridized carbons (Fsp3) is 0.0333. The van der Waals surface area contributed by atoms with Crippen LogP contribution in [0.5, 0.6) is 5.75 Å². The topological polar surface area (TPSA) is 67.4 Å². The summed E-state index contributed by atoms with van der Waals surface area (Å²) < 4.78 is 5.60. The van der Waals surface area contributed by atoms with Gasteiger partial charge in [-0.15, -0.1) is 0 Å². The van der Waals surface area contributed by atoms with Gasteiger partial charge >= 0.3 is 11.8 Å². The van der Waals surface area contributed by atoms with Crippen LogP contribution in [0.25, 0.3) is 118 Å². The van der Waals surface area contributed by atoms with Crippen LogP contribution in [0.4, 0.5) is 11.4 Å². The molecule has 0 spiro atoms. The highest BCUT2D eigenvalue weighted by Crippen LogP contribution is 2.38.